The van der Waals surface area contributed by atoms with Gasteiger partial charge in [0.25, 0.3) is 0 Å². The predicted molar refractivity (Wildman–Crippen MR) is 71.1 cm³/mol. The minimum Gasteiger partial charge on any atom is -0.292 e. The lowest BCUT2D eigenvalue weighted by Gasteiger charge is -2.13. The smallest absolute Gasteiger partial charge is 0.185 e. The van der Waals surface area contributed by atoms with Gasteiger partial charge in [0.15, 0.2) is 5.78 Å². The molecule has 1 heterocycles. The SMILES string of the molecule is CCn1ncc(Br)c1C(=O)C1CCCCCC1. The molecule has 1 aliphatic rings. The number of carbonyl (C=O) groups is 1. The molecule has 1 aliphatic carbocycles. The van der Waals surface area contributed by atoms with Crippen molar-refractivity contribution in [2.24, 2.45) is 5.92 Å². The molecule has 17 heavy (non-hydrogen) atoms. The summed E-state index contributed by atoms with van der Waals surface area (Å²) in [5.41, 5.74) is 0.763. The molecule has 0 saturated heterocycles. The third kappa shape index (κ3) is 2.79. The molecule has 1 aromatic rings. The largest absolute Gasteiger partial charge is 0.292 e. The van der Waals surface area contributed by atoms with E-state index in [4.69, 9.17) is 0 Å². The van der Waals surface area contributed by atoms with E-state index in [-0.39, 0.29) is 11.7 Å². The van der Waals surface area contributed by atoms with Crippen molar-refractivity contribution in [3.8, 4) is 0 Å². The van der Waals surface area contributed by atoms with Crippen molar-refractivity contribution in [1.82, 2.24) is 9.78 Å². The fraction of sp³-hybridized carbons (Fsp3) is 0.692. The van der Waals surface area contributed by atoms with Gasteiger partial charge in [-0.15, -0.1) is 0 Å². The van der Waals surface area contributed by atoms with Crippen molar-refractivity contribution >= 4 is 21.7 Å². The zero-order valence-electron chi connectivity index (χ0n) is 10.3. The van der Waals surface area contributed by atoms with Gasteiger partial charge in [-0.3, -0.25) is 9.48 Å². The first kappa shape index (κ1) is 12.8. The Bertz CT molecular complexity index is 392. The molecule has 0 radical (unpaired) electrons. The molecule has 0 unspecified atom stereocenters. The monoisotopic (exact) mass is 298 g/mol. The summed E-state index contributed by atoms with van der Waals surface area (Å²) in [6.45, 7) is 2.77. The van der Waals surface area contributed by atoms with Crippen molar-refractivity contribution in [2.45, 2.75) is 52.0 Å². The molecule has 3 nitrogen and oxygen atoms in total. The van der Waals surface area contributed by atoms with E-state index in [0.717, 1.165) is 29.6 Å². The van der Waals surface area contributed by atoms with Gasteiger partial charge in [-0.1, -0.05) is 25.7 Å². The molecule has 0 N–H and O–H groups in total. The highest BCUT2D eigenvalue weighted by molar-refractivity contribution is 9.10. The zero-order valence-corrected chi connectivity index (χ0v) is 11.9. The highest BCUT2D eigenvalue weighted by Crippen LogP contribution is 2.28. The maximum atomic E-state index is 12.5. The lowest BCUT2D eigenvalue weighted by molar-refractivity contribution is 0.0896. The summed E-state index contributed by atoms with van der Waals surface area (Å²) in [6, 6.07) is 0. The van der Waals surface area contributed by atoms with Crippen molar-refractivity contribution in [3.05, 3.63) is 16.4 Å². The third-order valence-electron chi connectivity index (χ3n) is 3.55. The average molecular weight is 299 g/mol. The zero-order chi connectivity index (χ0) is 12.3. The Morgan fingerprint density at radius 1 is 1.41 bits per heavy atom. The number of hydrogen-bond donors (Lipinski definition) is 0. The topological polar surface area (TPSA) is 34.9 Å². The molecule has 0 spiro atoms. The molecule has 0 bridgehead atoms. The molecule has 1 saturated carbocycles. The Hall–Kier alpha value is -0.640. The fourth-order valence-corrected chi connectivity index (χ4v) is 3.07. The Labute approximate surface area is 111 Å². The van der Waals surface area contributed by atoms with Crippen LogP contribution >= 0.6 is 15.9 Å². The van der Waals surface area contributed by atoms with Gasteiger partial charge in [0.1, 0.15) is 5.69 Å². The molecule has 1 fully saturated rings. The lowest BCUT2D eigenvalue weighted by atomic mass is 9.93. The van der Waals surface area contributed by atoms with Crippen molar-refractivity contribution < 1.29 is 4.79 Å². The summed E-state index contributed by atoms with van der Waals surface area (Å²) in [7, 11) is 0. The standard InChI is InChI=1S/C13H19BrN2O/c1-2-16-12(11(14)9-15-16)13(17)10-7-5-3-4-6-8-10/h9-10H,2-8H2,1H3. The van der Waals surface area contributed by atoms with Crippen LogP contribution in [0.1, 0.15) is 55.9 Å². The minimum atomic E-state index is 0.204. The quantitative estimate of drug-likeness (QED) is 0.628. The summed E-state index contributed by atoms with van der Waals surface area (Å²) >= 11 is 3.44. The predicted octanol–water partition coefficient (Wildman–Crippen LogP) is 3.82. The highest BCUT2D eigenvalue weighted by atomic mass is 79.9. The van der Waals surface area contributed by atoms with E-state index in [0.29, 0.717) is 0 Å². The molecule has 0 aromatic carbocycles. The number of aromatic nitrogens is 2. The second kappa shape index (κ2) is 5.80. The summed E-state index contributed by atoms with van der Waals surface area (Å²) in [5.74, 6) is 0.480. The van der Waals surface area contributed by atoms with Gasteiger partial charge in [-0.25, -0.2) is 0 Å². The van der Waals surface area contributed by atoms with Crippen LogP contribution in [0.3, 0.4) is 0 Å². The molecule has 4 heteroatoms. The Morgan fingerprint density at radius 3 is 2.65 bits per heavy atom. The van der Waals surface area contributed by atoms with Crippen LogP contribution in [0, 0.1) is 5.92 Å². The van der Waals surface area contributed by atoms with Crippen LogP contribution in [-0.2, 0) is 6.54 Å². The Kier molecular flexibility index (Phi) is 4.37. The van der Waals surface area contributed by atoms with Crippen LogP contribution in [0.15, 0.2) is 10.7 Å². The number of ketones is 1. The third-order valence-corrected chi connectivity index (χ3v) is 4.13. The van der Waals surface area contributed by atoms with Gasteiger partial charge < -0.3 is 0 Å². The normalized spacial score (nSPS) is 18.0. The van der Waals surface area contributed by atoms with Gasteiger partial charge in [-0.05, 0) is 35.7 Å². The Morgan fingerprint density at radius 2 is 2.06 bits per heavy atom. The number of nitrogens with zero attached hydrogens (tertiary/aromatic N) is 2. The van der Waals surface area contributed by atoms with Gasteiger partial charge in [0.2, 0.25) is 0 Å². The molecule has 0 atom stereocenters. The first-order valence-electron chi connectivity index (χ1n) is 6.49. The molecular weight excluding hydrogens is 280 g/mol. The Balaban J connectivity index is 2.20. The molecule has 94 valence electrons. The molecule has 2 rings (SSSR count). The van der Waals surface area contributed by atoms with Gasteiger partial charge >= 0.3 is 0 Å². The van der Waals surface area contributed by atoms with Crippen molar-refractivity contribution in [2.75, 3.05) is 0 Å². The molecule has 0 aliphatic heterocycles. The number of carbonyl (C=O) groups excluding carboxylic acids is 1. The van der Waals surface area contributed by atoms with Crippen LogP contribution in [0.4, 0.5) is 0 Å². The molecule has 1 aromatic heterocycles. The van der Waals surface area contributed by atoms with E-state index < -0.39 is 0 Å². The van der Waals surface area contributed by atoms with E-state index in [9.17, 15) is 4.79 Å². The number of halogens is 1. The van der Waals surface area contributed by atoms with Gasteiger partial charge in [0.05, 0.1) is 10.7 Å². The number of rotatable bonds is 3. The van der Waals surface area contributed by atoms with E-state index in [1.54, 1.807) is 10.9 Å². The van der Waals surface area contributed by atoms with E-state index >= 15 is 0 Å². The summed E-state index contributed by atoms with van der Waals surface area (Å²) < 4.78 is 2.64. The summed E-state index contributed by atoms with van der Waals surface area (Å²) in [5, 5.41) is 4.22. The fourth-order valence-electron chi connectivity index (χ4n) is 2.58. The lowest BCUT2D eigenvalue weighted by Crippen LogP contribution is -2.19. The maximum absolute atomic E-state index is 12.5. The highest BCUT2D eigenvalue weighted by Gasteiger charge is 2.25. The average Bonchev–Trinajstić information content (AvgIpc) is 2.56. The maximum Gasteiger partial charge on any atom is 0.185 e. The van der Waals surface area contributed by atoms with Crippen LogP contribution in [0.2, 0.25) is 0 Å². The molecular formula is C13H19BrN2O. The second-order valence-corrected chi connectivity index (χ2v) is 5.56. The van der Waals surface area contributed by atoms with E-state index in [1.807, 2.05) is 6.92 Å². The number of hydrogen-bond acceptors (Lipinski definition) is 2. The number of Topliss-reactive ketones (excluding diaryl/α,β-unsaturated/α-hetero) is 1. The van der Waals surface area contributed by atoms with E-state index in [1.165, 1.54) is 25.7 Å². The minimum absolute atomic E-state index is 0.204. The molecule has 0 amide bonds. The first-order valence-corrected chi connectivity index (χ1v) is 7.29. The van der Waals surface area contributed by atoms with Gasteiger partial charge in [-0.2, -0.15) is 5.10 Å². The van der Waals surface area contributed by atoms with Gasteiger partial charge in [0, 0.05) is 12.5 Å². The van der Waals surface area contributed by atoms with Crippen molar-refractivity contribution in [1.29, 1.82) is 0 Å². The summed E-state index contributed by atoms with van der Waals surface area (Å²) in [4.78, 5) is 12.5. The van der Waals surface area contributed by atoms with Crippen molar-refractivity contribution in [3.63, 3.8) is 0 Å². The van der Waals surface area contributed by atoms with E-state index in [2.05, 4.69) is 21.0 Å². The summed E-state index contributed by atoms with van der Waals surface area (Å²) in [6.07, 6.45) is 8.74. The first-order chi connectivity index (χ1) is 8.24. The van der Waals surface area contributed by atoms with Crippen LogP contribution in [0.25, 0.3) is 0 Å². The number of aryl methyl sites for hydroxylation is 1. The van der Waals surface area contributed by atoms with Crippen LogP contribution in [-0.4, -0.2) is 15.6 Å². The second-order valence-electron chi connectivity index (χ2n) is 4.71. The van der Waals surface area contributed by atoms with Crippen LogP contribution < -0.4 is 0 Å². The van der Waals surface area contributed by atoms with Crippen LogP contribution in [0.5, 0.6) is 0 Å².